The number of pyridine rings is 1. The maximum absolute atomic E-state index is 13.0. The summed E-state index contributed by atoms with van der Waals surface area (Å²) >= 11 is -2.26. The van der Waals surface area contributed by atoms with Crippen molar-refractivity contribution in [3.05, 3.63) is 72.3 Å². The first kappa shape index (κ1) is 19.3. The van der Waals surface area contributed by atoms with Crippen LogP contribution in [0.2, 0.25) is 0 Å². The molecule has 0 aliphatic heterocycles. The molecule has 1 aliphatic carbocycles. The summed E-state index contributed by atoms with van der Waals surface area (Å²) in [6, 6.07) is 19.4. The van der Waals surface area contributed by atoms with Gasteiger partial charge in [-0.1, -0.05) is 30.3 Å². The molecule has 3 aromatic rings. The minimum absolute atomic E-state index is 0.0792. The van der Waals surface area contributed by atoms with Crippen molar-refractivity contribution in [2.45, 2.75) is 23.2 Å². The van der Waals surface area contributed by atoms with E-state index in [1.165, 1.54) is 12.1 Å². The van der Waals surface area contributed by atoms with Crippen LogP contribution < -0.4 is 10.1 Å². The number of nitrogens with zero attached hydrogens (tertiary/aromatic N) is 1. The molecule has 1 aliphatic rings. The number of rotatable bonds is 6. The van der Waals surface area contributed by atoms with E-state index in [2.05, 4.69) is 10.3 Å². The highest BCUT2D eigenvalue weighted by Gasteiger charge is 2.51. The number of methoxy groups -OCH3 is 1. The van der Waals surface area contributed by atoms with E-state index in [1.54, 1.807) is 25.3 Å². The van der Waals surface area contributed by atoms with Crippen LogP contribution in [0.1, 0.15) is 18.4 Å². The molecule has 1 heterocycles. The normalized spacial score (nSPS) is 15.4. The molecule has 7 heteroatoms. The Hall–Kier alpha value is -3.03. The minimum atomic E-state index is -2.26. The van der Waals surface area contributed by atoms with E-state index in [0.717, 1.165) is 29.7 Å². The fourth-order valence-electron chi connectivity index (χ4n) is 3.32. The minimum Gasteiger partial charge on any atom is -0.768 e. The van der Waals surface area contributed by atoms with Crippen molar-refractivity contribution in [3.8, 4) is 17.0 Å². The summed E-state index contributed by atoms with van der Waals surface area (Å²) in [5.74, 6) is 1.14. The molecule has 1 aromatic heterocycles. The van der Waals surface area contributed by atoms with E-state index in [4.69, 9.17) is 4.74 Å². The quantitative estimate of drug-likeness (QED) is 0.630. The van der Waals surface area contributed by atoms with Gasteiger partial charge < -0.3 is 14.6 Å². The molecule has 4 rings (SSSR count). The fourth-order valence-corrected chi connectivity index (χ4v) is 3.68. The molecule has 1 unspecified atom stereocenters. The summed E-state index contributed by atoms with van der Waals surface area (Å²) < 4.78 is 27.2. The van der Waals surface area contributed by atoms with Crippen molar-refractivity contribution in [1.29, 1.82) is 0 Å². The SMILES string of the molecule is COc1ccc(C2(C(=O)Nc3cccc(-c4ccc(S(=O)[O-])cc4)n3)CC2)cc1. The second-order valence-electron chi connectivity index (χ2n) is 6.93. The van der Waals surface area contributed by atoms with Gasteiger partial charge in [0, 0.05) is 10.5 Å². The molecule has 1 N–H and O–H groups in total. The largest absolute Gasteiger partial charge is 0.768 e. The van der Waals surface area contributed by atoms with Crippen LogP contribution in [-0.4, -0.2) is 26.8 Å². The number of aromatic nitrogens is 1. The molecule has 0 spiro atoms. The van der Waals surface area contributed by atoms with Crippen LogP contribution >= 0.6 is 0 Å². The summed E-state index contributed by atoms with van der Waals surface area (Å²) in [5.41, 5.74) is 1.86. The van der Waals surface area contributed by atoms with Gasteiger partial charge in [-0.15, -0.1) is 0 Å². The Labute approximate surface area is 171 Å². The van der Waals surface area contributed by atoms with Crippen molar-refractivity contribution >= 4 is 22.8 Å². The number of benzene rings is 2. The van der Waals surface area contributed by atoms with Gasteiger partial charge in [-0.3, -0.25) is 9.00 Å². The number of carbonyl (C=O) groups excluding carboxylic acids is 1. The monoisotopic (exact) mass is 407 g/mol. The Morgan fingerprint density at radius 3 is 2.34 bits per heavy atom. The molecule has 1 amide bonds. The lowest BCUT2D eigenvalue weighted by molar-refractivity contribution is -0.118. The highest BCUT2D eigenvalue weighted by molar-refractivity contribution is 7.79. The smallest absolute Gasteiger partial charge is 0.236 e. The number of hydrogen-bond acceptors (Lipinski definition) is 5. The third kappa shape index (κ3) is 3.92. The van der Waals surface area contributed by atoms with Crippen LogP contribution in [0.4, 0.5) is 5.82 Å². The lowest BCUT2D eigenvalue weighted by atomic mass is 9.95. The van der Waals surface area contributed by atoms with Gasteiger partial charge in [0.1, 0.15) is 11.6 Å². The molecule has 1 atom stereocenters. The topological polar surface area (TPSA) is 91.3 Å². The lowest BCUT2D eigenvalue weighted by Crippen LogP contribution is -2.28. The van der Waals surface area contributed by atoms with E-state index in [0.29, 0.717) is 11.5 Å². The Morgan fingerprint density at radius 1 is 1.07 bits per heavy atom. The van der Waals surface area contributed by atoms with Gasteiger partial charge in [0.2, 0.25) is 5.91 Å². The van der Waals surface area contributed by atoms with E-state index in [1.807, 2.05) is 36.4 Å². The number of amides is 1. The van der Waals surface area contributed by atoms with Crippen molar-refractivity contribution < 1.29 is 18.3 Å². The fraction of sp³-hybridized carbons (Fsp3) is 0.182. The Morgan fingerprint density at radius 2 is 1.76 bits per heavy atom. The number of carbonyl (C=O) groups is 1. The molecule has 2 aromatic carbocycles. The first-order chi connectivity index (χ1) is 14.0. The van der Waals surface area contributed by atoms with Gasteiger partial charge >= 0.3 is 0 Å². The summed E-state index contributed by atoms with van der Waals surface area (Å²) in [6.07, 6.45) is 1.58. The summed E-state index contributed by atoms with van der Waals surface area (Å²) in [7, 11) is 1.61. The molecule has 1 saturated carbocycles. The van der Waals surface area contributed by atoms with Crippen molar-refractivity contribution in [2.24, 2.45) is 0 Å². The van der Waals surface area contributed by atoms with Gasteiger partial charge in [0.15, 0.2) is 0 Å². The summed E-state index contributed by atoms with van der Waals surface area (Å²) in [6.45, 7) is 0. The van der Waals surface area contributed by atoms with E-state index < -0.39 is 16.5 Å². The van der Waals surface area contributed by atoms with Crippen LogP contribution in [0, 0.1) is 0 Å². The van der Waals surface area contributed by atoms with Crippen molar-refractivity contribution in [2.75, 3.05) is 12.4 Å². The van der Waals surface area contributed by atoms with Crippen LogP contribution in [0.3, 0.4) is 0 Å². The Kier molecular flexibility index (Phi) is 5.17. The van der Waals surface area contributed by atoms with E-state index >= 15 is 0 Å². The second-order valence-corrected chi connectivity index (χ2v) is 7.87. The molecule has 0 bridgehead atoms. The van der Waals surface area contributed by atoms with Crippen LogP contribution in [0.5, 0.6) is 5.75 Å². The zero-order valence-electron chi connectivity index (χ0n) is 15.8. The zero-order chi connectivity index (χ0) is 20.4. The third-order valence-corrected chi connectivity index (χ3v) is 5.82. The van der Waals surface area contributed by atoms with Crippen LogP contribution in [0.15, 0.2) is 71.6 Å². The van der Waals surface area contributed by atoms with Gasteiger partial charge in [-0.05, 0) is 65.9 Å². The molecular formula is C22H19N2O4S-. The Bertz CT molecular complexity index is 1060. The predicted octanol–water partition coefficient (Wildman–Crippen LogP) is 3.67. The maximum atomic E-state index is 13.0. The molecule has 0 radical (unpaired) electrons. The third-order valence-electron chi connectivity index (χ3n) is 5.16. The Balaban J connectivity index is 1.53. The standard InChI is InChI=1S/C22H20N2O4S/c1-28-17-9-7-16(8-10-17)22(13-14-22)21(25)24-20-4-2-3-19(23-20)15-5-11-18(12-6-15)29(26)27/h2-12H,13-14H2,1H3,(H,26,27)(H,23,24,25)/p-1. The number of hydrogen-bond donors (Lipinski definition) is 1. The molecular weight excluding hydrogens is 388 g/mol. The van der Waals surface area contributed by atoms with Gasteiger partial charge in [0.05, 0.1) is 18.2 Å². The summed E-state index contributed by atoms with van der Waals surface area (Å²) in [4.78, 5) is 17.7. The van der Waals surface area contributed by atoms with Crippen LogP contribution in [0.25, 0.3) is 11.3 Å². The maximum Gasteiger partial charge on any atom is 0.236 e. The lowest BCUT2D eigenvalue weighted by Gasteiger charge is -2.16. The van der Waals surface area contributed by atoms with E-state index in [9.17, 15) is 13.6 Å². The van der Waals surface area contributed by atoms with Crippen LogP contribution in [-0.2, 0) is 21.3 Å². The average molecular weight is 407 g/mol. The van der Waals surface area contributed by atoms with Gasteiger partial charge in [-0.2, -0.15) is 0 Å². The molecule has 0 saturated heterocycles. The first-order valence-corrected chi connectivity index (χ1v) is 10.2. The van der Waals surface area contributed by atoms with E-state index in [-0.39, 0.29) is 10.8 Å². The van der Waals surface area contributed by atoms with Crippen molar-refractivity contribution in [3.63, 3.8) is 0 Å². The van der Waals surface area contributed by atoms with Crippen molar-refractivity contribution in [1.82, 2.24) is 4.98 Å². The molecule has 148 valence electrons. The van der Waals surface area contributed by atoms with Gasteiger partial charge in [-0.25, -0.2) is 4.98 Å². The van der Waals surface area contributed by atoms with Gasteiger partial charge in [0.25, 0.3) is 0 Å². The highest BCUT2D eigenvalue weighted by atomic mass is 32.2. The number of ether oxygens (including phenoxy) is 1. The second kappa shape index (κ2) is 7.77. The number of nitrogens with one attached hydrogen (secondary N) is 1. The summed E-state index contributed by atoms with van der Waals surface area (Å²) in [5, 5.41) is 2.93. The number of anilines is 1. The average Bonchev–Trinajstić information content (AvgIpc) is 3.56. The zero-order valence-corrected chi connectivity index (χ0v) is 16.6. The predicted molar refractivity (Wildman–Crippen MR) is 109 cm³/mol. The molecule has 29 heavy (non-hydrogen) atoms. The first-order valence-electron chi connectivity index (χ1n) is 9.15. The highest BCUT2D eigenvalue weighted by Crippen LogP contribution is 2.49. The molecule has 6 nitrogen and oxygen atoms in total. The molecule has 1 fully saturated rings.